The van der Waals surface area contributed by atoms with E-state index in [0.717, 1.165) is 12.0 Å². The van der Waals surface area contributed by atoms with Gasteiger partial charge in [-0.1, -0.05) is 6.92 Å². The lowest BCUT2D eigenvalue weighted by molar-refractivity contribution is 0.0734. The molecule has 0 fully saturated rings. The van der Waals surface area contributed by atoms with Gasteiger partial charge in [-0.2, -0.15) is 5.10 Å². The van der Waals surface area contributed by atoms with Crippen molar-refractivity contribution in [3.63, 3.8) is 0 Å². The Hall–Kier alpha value is -4.00. The summed E-state index contributed by atoms with van der Waals surface area (Å²) in [5.74, 6) is 0.339. The molecule has 0 bridgehead atoms. The van der Waals surface area contributed by atoms with Crippen LogP contribution in [0.5, 0.6) is 11.5 Å². The third kappa shape index (κ3) is 6.00. The summed E-state index contributed by atoms with van der Waals surface area (Å²) < 4.78 is 10.9. The Morgan fingerprint density at radius 3 is 2.27 bits per heavy atom. The largest absolute Gasteiger partial charge is 0.494 e. The first kappa shape index (κ1) is 20.7. The molecule has 1 heterocycles. The van der Waals surface area contributed by atoms with Crippen molar-refractivity contribution in [2.75, 3.05) is 6.61 Å². The normalized spacial score (nSPS) is 10.6. The van der Waals surface area contributed by atoms with Crippen molar-refractivity contribution in [2.45, 2.75) is 13.3 Å². The lowest BCUT2D eigenvalue weighted by Gasteiger charge is -2.07. The number of rotatable bonds is 8. The summed E-state index contributed by atoms with van der Waals surface area (Å²) in [6.07, 6.45) is 5.49. The molecule has 0 aliphatic carbocycles. The van der Waals surface area contributed by atoms with Crippen LogP contribution in [-0.2, 0) is 0 Å². The van der Waals surface area contributed by atoms with Gasteiger partial charge in [-0.15, -0.1) is 0 Å². The van der Waals surface area contributed by atoms with E-state index in [1.54, 1.807) is 60.7 Å². The maximum absolute atomic E-state index is 12.3. The Kier molecular flexibility index (Phi) is 7.27. The zero-order valence-corrected chi connectivity index (χ0v) is 16.4. The predicted molar refractivity (Wildman–Crippen MR) is 113 cm³/mol. The third-order valence-corrected chi connectivity index (χ3v) is 3.98. The number of carbonyl (C=O) groups excluding carboxylic acids is 2. The van der Waals surface area contributed by atoms with Crippen LogP contribution in [0.4, 0.5) is 0 Å². The van der Waals surface area contributed by atoms with E-state index in [4.69, 9.17) is 9.47 Å². The Morgan fingerprint density at radius 1 is 0.933 bits per heavy atom. The van der Waals surface area contributed by atoms with E-state index in [1.165, 1.54) is 18.6 Å². The lowest BCUT2D eigenvalue weighted by Crippen LogP contribution is -2.17. The second kappa shape index (κ2) is 10.5. The van der Waals surface area contributed by atoms with E-state index in [0.29, 0.717) is 29.2 Å². The van der Waals surface area contributed by atoms with Gasteiger partial charge in [0.1, 0.15) is 11.5 Å². The summed E-state index contributed by atoms with van der Waals surface area (Å²) in [6.45, 7) is 2.66. The number of hydrazone groups is 1. The van der Waals surface area contributed by atoms with E-state index in [2.05, 4.69) is 15.5 Å². The first-order valence-electron chi connectivity index (χ1n) is 9.44. The van der Waals surface area contributed by atoms with Crippen LogP contribution in [0.2, 0.25) is 0 Å². The molecule has 7 nitrogen and oxygen atoms in total. The minimum atomic E-state index is -0.455. The van der Waals surface area contributed by atoms with Crippen LogP contribution in [0.1, 0.15) is 39.6 Å². The third-order valence-electron chi connectivity index (χ3n) is 3.98. The molecule has 0 saturated heterocycles. The fourth-order valence-electron chi connectivity index (χ4n) is 2.43. The highest BCUT2D eigenvalue weighted by Gasteiger charge is 2.09. The Bertz CT molecular complexity index is 1000. The zero-order chi connectivity index (χ0) is 21.2. The number of pyridine rings is 1. The fourth-order valence-corrected chi connectivity index (χ4v) is 2.43. The van der Waals surface area contributed by atoms with E-state index in [1.807, 2.05) is 6.92 Å². The molecule has 0 unspecified atom stereocenters. The minimum Gasteiger partial charge on any atom is -0.494 e. The quantitative estimate of drug-likeness (QED) is 0.267. The van der Waals surface area contributed by atoms with E-state index < -0.39 is 5.97 Å². The van der Waals surface area contributed by atoms with Crippen LogP contribution in [-0.4, -0.2) is 29.7 Å². The molecule has 0 spiro atoms. The molecule has 3 aromatic rings. The highest BCUT2D eigenvalue weighted by molar-refractivity contribution is 5.94. The number of amides is 1. The lowest BCUT2D eigenvalue weighted by atomic mass is 10.2. The molecule has 0 saturated carbocycles. The van der Waals surface area contributed by atoms with Gasteiger partial charge in [0.05, 0.1) is 18.4 Å². The van der Waals surface area contributed by atoms with Crippen molar-refractivity contribution in [1.82, 2.24) is 10.4 Å². The van der Waals surface area contributed by atoms with Gasteiger partial charge in [0.25, 0.3) is 5.91 Å². The molecule has 30 heavy (non-hydrogen) atoms. The Balaban J connectivity index is 1.52. The molecule has 1 amide bonds. The molecule has 3 rings (SSSR count). The number of aromatic nitrogens is 1. The van der Waals surface area contributed by atoms with Gasteiger partial charge in [-0.05, 0) is 72.6 Å². The number of carbonyl (C=O) groups is 2. The topological polar surface area (TPSA) is 89.9 Å². The maximum Gasteiger partial charge on any atom is 0.343 e. The zero-order valence-electron chi connectivity index (χ0n) is 16.4. The van der Waals surface area contributed by atoms with Crippen molar-refractivity contribution in [3.05, 3.63) is 89.7 Å². The van der Waals surface area contributed by atoms with Crippen LogP contribution < -0.4 is 14.9 Å². The Morgan fingerprint density at radius 2 is 1.60 bits per heavy atom. The number of hydrogen-bond donors (Lipinski definition) is 1. The summed E-state index contributed by atoms with van der Waals surface area (Å²) in [7, 11) is 0. The first-order chi connectivity index (χ1) is 14.7. The molecule has 0 atom stereocenters. The number of hydrogen-bond acceptors (Lipinski definition) is 6. The van der Waals surface area contributed by atoms with Crippen LogP contribution >= 0.6 is 0 Å². The van der Waals surface area contributed by atoms with Gasteiger partial charge >= 0.3 is 5.97 Å². The van der Waals surface area contributed by atoms with Crippen molar-refractivity contribution in [2.24, 2.45) is 5.10 Å². The molecule has 0 aliphatic rings. The number of nitrogens with zero attached hydrogens (tertiary/aromatic N) is 2. The number of nitrogens with one attached hydrogen (secondary N) is 1. The van der Waals surface area contributed by atoms with Crippen molar-refractivity contribution in [1.29, 1.82) is 0 Å². The monoisotopic (exact) mass is 403 g/mol. The number of ether oxygens (including phenoxy) is 2. The predicted octanol–water partition coefficient (Wildman–Crippen LogP) is 3.85. The fraction of sp³-hybridized carbons (Fsp3) is 0.130. The molecule has 0 radical (unpaired) electrons. The smallest absolute Gasteiger partial charge is 0.343 e. The summed E-state index contributed by atoms with van der Waals surface area (Å²) in [5.41, 5.74) is 4.08. The number of esters is 1. The first-order valence-corrected chi connectivity index (χ1v) is 9.44. The molecule has 0 aliphatic heterocycles. The molecular weight excluding hydrogens is 382 g/mol. The van der Waals surface area contributed by atoms with Gasteiger partial charge in [0.2, 0.25) is 0 Å². The summed E-state index contributed by atoms with van der Waals surface area (Å²) >= 11 is 0. The van der Waals surface area contributed by atoms with Crippen LogP contribution in [0, 0.1) is 0 Å². The second-order valence-electron chi connectivity index (χ2n) is 6.27. The van der Waals surface area contributed by atoms with Crippen LogP contribution in [0.3, 0.4) is 0 Å². The summed E-state index contributed by atoms with van der Waals surface area (Å²) in [6, 6.07) is 16.8. The van der Waals surface area contributed by atoms with Gasteiger partial charge in [-0.25, -0.2) is 10.2 Å². The highest BCUT2D eigenvalue weighted by atomic mass is 16.5. The molecular formula is C23H21N3O4. The highest BCUT2D eigenvalue weighted by Crippen LogP contribution is 2.16. The van der Waals surface area contributed by atoms with Gasteiger partial charge in [-0.3, -0.25) is 9.78 Å². The Labute approximate surface area is 174 Å². The van der Waals surface area contributed by atoms with Crippen LogP contribution in [0.25, 0.3) is 0 Å². The van der Waals surface area contributed by atoms with Crippen molar-refractivity contribution >= 4 is 18.1 Å². The molecule has 1 N–H and O–H groups in total. The van der Waals surface area contributed by atoms with Gasteiger partial charge < -0.3 is 9.47 Å². The molecule has 1 aromatic heterocycles. The summed E-state index contributed by atoms with van der Waals surface area (Å²) in [5, 5.41) is 3.92. The SMILES string of the molecule is CCCOc1ccc(C(=O)Oc2ccc(/C=N/NC(=O)c3ccncc3)cc2)cc1. The average molecular weight is 403 g/mol. The van der Waals surface area contributed by atoms with Crippen molar-refractivity contribution < 1.29 is 19.1 Å². The van der Waals surface area contributed by atoms with Gasteiger partial charge in [0, 0.05) is 18.0 Å². The maximum atomic E-state index is 12.3. The molecule has 7 heteroatoms. The number of benzene rings is 2. The van der Waals surface area contributed by atoms with Crippen LogP contribution in [0.15, 0.2) is 78.2 Å². The van der Waals surface area contributed by atoms with Crippen molar-refractivity contribution in [3.8, 4) is 11.5 Å². The second-order valence-corrected chi connectivity index (χ2v) is 6.27. The molecule has 152 valence electrons. The standard InChI is InChI=1S/C23H21N3O4/c1-2-15-29-20-9-5-19(6-10-20)23(28)30-21-7-3-17(4-8-21)16-25-26-22(27)18-11-13-24-14-12-18/h3-14,16H,2,15H2,1H3,(H,26,27)/b25-16+. The summed E-state index contributed by atoms with van der Waals surface area (Å²) in [4.78, 5) is 28.0. The van der Waals surface area contributed by atoms with E-state index in [-0.39, 0.29) is 5.91 Å². The van der Waals surface area contributed by atoms with E-state index >= 15 is 0 Å². The molecule has 2 aromatic carbocycles. The van der Waals surface area contributed by atoms with Gasteiger partial charge in [0.15, 0.2) is 0 Å². The average Bonchev–Trinajstić information content (AvgIpc) is 2.79. The minimum absolute atomic E-state index is 0.328. The van der Waals surface area contributed by atoms with E-state index in [9.17, 15) is 9.59 Å².